The van der Waals surface area contributed by atoms with Gasteiger partial charge in [0.15, 0.2) is 0 Å². The Morgan fingerprint density at radius 2 is 2.11 bits per heavy atom. The maximum Gasteiger partial charge on any atom is 0.123 e. The molecule has 1 heterocycles. The molecule has 2 atom stereocenters. The minimum atomic E-state index is -0.277. The van der Waals surface area contributed by atoms with Crippen molar-refractivity contribution in [3.8, 4) is 0 Å². The summed E-state index contributed by atoms with van der Waals surface area (Å²) >= 11 is 0. The number of nitrogens with zero attached hydrogens (tertiary/aromatic N) is 1. The maximum absolute atomic E-state index is 13.4. The van der Waals surface area contributed by atoms with Crippen LogP contribution in [0.5, 0.6) is 0 Å². The molecule has 1 fully saturated rings. The van der Waals surface area contributed by atoms with Crippen molar-refractivity contribution in [2.45, 2.75) is 32.5 Å². The van der Waals surface area contributed by atoms with Crippen molar-refractivity contribution in [1.29, 1.82) is 0 Å². The molecule has 1 aliphatic heterocycles. The van der Waals surface area contributed by atoms with Gasteiger partial charge in [0.1, 0.15) is 5.82 Å². The molecule has 4 heteroatoms. The molecule has 1 aromatic carbocycles. The SMILES string of the molecule is CC1CCN(Cc2cc(F)cc(CN)c2)CC1O. The molecule has 2 rings (SSSR count). The first-order valence-electron chi connectivity index (χ1n) is 6.47. The van der Waals surface area contributed by atoms with E-state index in [1.165, 1.54) is 6.07 Å². The van der Waals surface area contributed by atoms with Gasteiger partial charge in [-0.3, -0.25) is 4.90 Å². The van der Waals surface area contributed by atoms with Gasteiger partial charge in [0.25, 0.3) is 0 Å². The topological polar surface area (TPSA) is 49.5 Å². The monoisotopic (exact) mass is 252 g/mol. The number of aliphatic hydroxyl groups excluding tert-OH is 1. The summed E-state index contributed by atoms with van der Waals surface area (Å²) in [6.07, 6.45) is 0.710. The summed E-state index contributed by atoms with van der Waals surface area (Å²) in [6.45, 7) is 4.71. The molecule has 0 saturated carbocycles. The smallest absolute Gasteiger partial charge is 0.123 e. The van der Waals surface area contributed by atoms with E-state index >= 15 is 0 Å². The zero-order valence-corrected chi connectivity index (χ0v) is 10.8. The number of β-amino-alcohol motifs (C(OH)–C–C–N with tert-alkyl or cyclic N) is 1. The lowest BCUT2D eigenvalue weighted by molar-refractivity contribution is 0.0259. The molecule has 0 spiro atoms. The number of hydrogen-bond donors (Lipinski definition) is 2. The lowest BCUT2D eigenvalue weighted by Crippen LogP contribution is -2.42. The molecule has 3 N–H and O–H groups in total. The van der Waals surface area contributed by atoms with Gasteiger partial charge in [-0.1, -0.05) is 13.0 Å². The highest BCUT2D eigenvalue weighted by Gasteiger charge is 2.24. The summed E-state index contributed by atoms with van der Waals surface area (Å²) in [4.78, 5) is 2.17. The first-order valence-corrected chi connectivity index (χ1v) is 6.47. The quantitative estimate of drug-likeness (QED) is 0.857. The number of rotatable bonds is 3. The van der Waals surface area contributed by atoms with Gasteiger partial charge in [-0.2, -0.15) is 0 Å². The third kappa shape index (κ3) is 3.28. The van der Waals surface area contributed by atoms with E-state index < -0.39 is 0 Å². The number of piperidine rings is 1. The van der Waals surface area contributed by atoms with Crippen LogP contribution in [0, 0.1) is 11.7 Å². The fourth-order valence-corrected chi connectivity index (χ4v) is 2.44. The number of hydrogen-bond acceptors (Lipinski definition) is 3. The fourth-order valence-electron chi connectivity index (χ4n) is 2.44. The van der Waals surface area contributed by atoms with Crippen molar-refractivity contribution in [1.82, 2.24) is 4.90 Å². The number of benzene rings is 1. The molecule has 1 aromatic rings. The summed E-state index contributed by atoms with van der Waals surface area (Å²) in [7, 11) is 0. The summed E-state index contributed by atoms with van der Waals surface area (Å²) in [6, 6.07) is 4.95. The molecule has 0 aromatic heterocycles. The van der Waals surface area contributed by atoms with Crippen LogP contribution in [0.3, 0.4) is 0 Å². The van der Waals surface area contributed by atoms with E-state index in [2.05, 4.69) is 11.8 Å². The highest BCUT2D eigenvalue weighted by atomic mass is 19.1. The van der Waals surface area contributed by atoms with E-state index in [-0.39, 0.29) is 11.9 Å². The molecule has 1 aliphatic rings. The van der Waals surface area contributed by atoms with Crippen molar-refractivity contribution in [2.24, 2.45) is 11.7 Å². The van der Waals surface area contributed by atoms with E-state index in [0.29, 0.717) is 25.6 Å². The molecule has 0 radical (unpaired) electrons. The predicted molar refractivity (Wildman–Crippen MR) is 69.4 cm³/mol. The minimum absolute atomic E-state index is 0.237. The summed E-state index contributed by atoms with van der Waals surface area (Å²) in [5, 5.41) is 9.85. The second-order valence-corrected chi connectivity index (χ2v) is 5.24. The van der Waals surface area contributed by atoms with Crippen LogP contribution < -0.4 is 5.73 Å². The predicted octanol–water partition coefficient (Wildman–Crippen LogP) is 1.49. The zero-order chi connectivity index (χ0) is 13.1. The second kappa shape index (κ2) is 5.78. The first-order chi connectivity index (χ1) is 8.58. The number of likely N-dealkylation sites (tertiary alicyclic amines) is 1. The van der Waals surface area contributed by atoms with Crippen LogP contribution >= 0.6 is 0 Å². The Morgan fingerprint density at radius 3 is 2.78 bits per heavy atom. The van der Waals surface area contributed by atoms with Crippen LogP contribution in [0.4, 0.5) is 4.39 Å². The van der Waals surface area contributed by atoms with Crippen LogP contribution in [0.1, 0.15) is 24.5 Å². The highest BCUT2D eigenvalue weighted by Crippen LogP contribution is 2.19. The van der Waals surface area contributed by atoms with Gasteiger partial charge >= 0.3 is 0 Å². The summed E-state index contributed by atoms with van der Waals surface area (Å²) in [5.41, 5.74) is 7.28. The van der Waals surface area contributed by atoms with E-state index in [0.717, 1.165) is 24.1 Å². The lowest BCUT2D eigenvalue weighted by Gasteiger charge is -2.34. The molecular weight excluding hydrogens is 231 g/mol. The molecule has 1 saturated heterocycles. The van der Waals surface area contributed by atoms with Crippen molar-refractivity contribution < 1.29 is 9.50 Å². The van der Waals surface area contributed by atoms with Crippen molar-refractivity contribution >= 4 is 0 Å². The molecule has 0 amide bonds. The standard InChI is InChI=1S/C14H21FN2O/c1-10-2-3-17(9-14(10)18)8-12-4-11(7-16)5-13(15)6-12/h4-6,10,14,18H,2-3,7-9,16H2,1H3. The number of nitrogens with two attached hydrogens (primary N) is 1. The van der Waals surface area contributed by atoms with Gasteiger partial charge in [0, 0.05) is 19.6 Å². The normalized spacial score (nSPS) is 25.3. The Balaban J connectivity index is 2.03. The largest absolute Gasteiger partial charge is 0.392 e. The van der Waals surface area contributed by atoms with Crippen molar-refractivity contribution in [2.75, 3.05) is 13.1 Å². The zero-order valence-electron chi connectivity index (χ0n) is 10.8. The Labute approximate surface area is 107 Å². The Bertz CT molecular complexity index is 411. The maximum atomic E-state index is 13.4. The lowest BCUT2D eigenvalue weighted by atomic mass is 9.95. The average Bonchev–Trinajstić information content (AvgIpc) is 2.33. The Hall–Kier alpha value is -0.970. The van der Waals surface area contributed by atoms with E-state index in [1.54, 1.807) is 6.07 Å². The first kappa shape index (κ1) is 13.5. The number of halogens is 1. The van der Waals surface area contributed by atoms with E-state index in [1.807, 2.05) is 6.07 Å². The van der Waals surface area contributed by atoms with E-state index in [4.69, 9.17) is 5.73 Å². The van der Waals surface area contributed by atoms with Gasteiger partial charge in [-0.05, 0) is 42.1 Å². The summed E-state index contributed by atoms with van der Waals surface area (Å²) < 4.78 is 13.4. The molecule has 3 nitrogen and oxygen atoms in total. The van der Waals surface area contributed by atoms with Crippen LogP contribution in [0.2, 0.25) is 0 Å². The average molecular weight is 252 g/mol. The Kier molecular flexibility index (Phi) is 4.32. The van der Waals surface area contributed by atoms with Gasteiger partial charge in [0.05, 0.1) is 6.10 Å². The second-order valence-electron chi connectivity index (χ2n) is 5.24. The molecule has 2 unspecified atom stereocenters. The molecule has 18 heavy (non-hydrogen) atoms. The van der Waals surface area contributed by atoms with Crippen molar-refractivity contribution in [3.63, 3.8) is 0 Å². The molecule has 0 aliphatic carbocycles. The van der Waals surface area contributed by atoms with Gasteiger partial charge in [0.2, 0.25) is 0 Å². The molecule has 0 bridgehead atoms. The minimum Gasteiger partial charge on any atom is -0.392 e. The van der Waals surface area contributed by atoms with Gasteiger partial charge in [-0.15, -0.1) is 0 Å². The third-order valence-electron chi connectivity index (χ3n) is 3.66. The van der Waals surface area contributed by atoms with Gasteiger partial charge in [-0.25, -0.2) is 4.39 Å². The van der Waals surface area contributed by atoms with Crippen molar-refractivity contribution in [3.05, 3.63) is 35.1 Å². The van der Waals surface area contributed by atoms with Gasteiger partial charge < -0.3 is 10.8 Å². The van der Waals surface area contributed by atoms with E-state index in [9.17, 15) is 9.50 Å². The summed E-state index contributed by atoms with van der Waals surface area (Å²) in [5.74, 6) is 0.118. The number of aliphatic hydroxyl groups is 1. The van der Waals surface area contributed by atoms with Crippen LogP contribution in [-0.4, -0.2) is 29.2 Å². The Morgan fingerprint density at radius 1 is 1.39 bits per heavy atom. The highest BCUT2D eigenvalue weighted by molar-refractivity contribution is 5.24. The van der Waals surface area contributed by atoms with Crippen LogP contribution in [0.15, 0.2) is 18.2 Å². The molecular formula is C14H21FN2O. The van der Waals surface area contributed by atoms with Crippen LogP contribution in [0.25, 0.3) is 0 Å². The van der Waals surface area contributed by atoms with Crippen LogP contribution in [-0.2, 0) is 13.1 Å². The molecule has 100 valence electrons. The fraction of sp³-hybridized carbons (Fsp3) is 0.571. The third-order valence-corrected chi connectivity index (χ3v) is 3.66.